The van der Waals surface area contributed by atoms with Crippen LogP contribution in [0.25, 0.3) is 0 Å². The fourth-order valence-corrected chi connectivity index (χ4v) is 2.17. The van der Waals surface area contributed by atoms with E-state index >= 15 is 0 Å². The lowest BCUT2D eigenvalue weighted by molar-refractivity contribution is 0.268. The Hall–Kier alpha value is -0.910. The highest BCUT2D eigenvalue weighted by Gasteiger charge is 2.35. The van der Waals surface area contributed by atoms with Gasteiger partial charge in [-0.3, -0.25) is 10.3 Å². The van der Waals surface area contributed by atoms with Crippen molar-refractivity contribution in [2.24, 2.45) is 9.98 Å². The summed E-state index contributed by atoms with van der Waals surface area (Å²) in [5.74, 6) is 1.55. The van der Waals surface area contributed by atoms with Gasteiger partial charge >= 0.3 is 0 Å². The third-order valence-electron chi connectivity index (χ3n) is 2.45. The zero-order valence-corrected chi connectivity index (χ0v) is 13.0. The van der Waals surface area contributed by atoms with Crippen LogP contribution in [0, 0.1) is 0 Å². The summed E-state index contributed by atoms with van der Waals surface area (Å²) >= 11 is 4.67. The highest BCUT2D eigenvalue weighted by Crippen LogP contribution is 2.19. The highest BCUT2D eigenvalue weighted by atomic mass is 32.1. The van der Waals surface area contributed by atoms with Gasteiger partial charge in [0, 0.05) is 18.6 Å². The van der Waals surface area contributed by atoms with Crippen molar-refractivity contribution in [1.82, 2.24) is 15.5 Å². The van der Waals surface area contributed by atoms with Crippen molar-refractivity contribution in [2.45, 2.75) is 58.6 Å². The van der Waals surface area contributed by atoms with Crippen molar-refractivity contribution in [3.05, 3.63) is 0 Å². The molecule has 0 aliphatic carbocycles. The summed E-state index contributed by atoms with van der Waals surface area (Å²) in [7, 11) is 0. The average Bonchev–Trinajstić information content (AvgIpc) is 2.13. The number of aliphatic imine (C=N–C) groups is 2. The Labute approximate surface area is 116 Å². The molecular formula is C12H25N5S. The molecule has 0 aromatic carbocycles. The molecule has 0 aromatic heterocycles. The zero-order valence-electron chi connectivity index (χ0n) is 12.2. The Bertz CT molecular complexity index is 346. The molecule has 2 N–H and O–H groups in total. The van der Waals surface area contributed by atoms with Crippen molar-refractivity contribution in [1.29, 1.82) is 0 Å². The minimum absolute atomic E-state index is 0.220. The van der Waals surface area contributed by atoms with Crippen LogP contribution in [0.1, 0.15) is 41.5 Å². The van der Waals surface area contributed by atoms with Crippen LogP contribution in [0.2, 0.25) is 0 Å². The predicted octanol–water partition coefficient (Wildman–Crippen LogP) is 1.63. The molecule has 1 saturated heterocycles. The van der Waals surface area contributed by atoms with Gasteiger partial charge in [0.15, 0.2) is 4.99 Å². The van der Waals surface area contributed by atoms with Gasteiger partial charge in [-0.1, -0.05) is 0 Å². The number of thiol groups is 1. The molecule has 104 valence electrons. The fraction of sp³-hybridized carbons (Fsp3) is 0.833. The first-order valence-electron chi connectivity index (χ1n) is 6.47. The van der Waals surface area contributed by atoms with Crippen LogP contribution in [0.3, 0.4) is 0 Å². The molecule has 0 aromatic rings. The quantitative estimate of drug-likeness (QED) is 0.684. The van der Waals surface area contributed by atoms with Gasteiger partial charge in [0.2, 0.25) is 11.9 Å². The van der Waals surface area contributed by atoms with E-state index in [0.29, 0.717) is 0 Å². The Morgan fingerprint density at radius 2 is 1.78 bits per heavy atom. The van der Waals surface area contributed by atoms with Gasteiger partial charge in [0.05, 0.1) is 0 Å². The van der Waals surface area contributed by atoms with E-state index < -0.39 is 4.99 Å². The number of nitrogens with zero attached hydrogens (tertiary/aromatic N) is 3. The molecule has 0 saturated carbocycles. The lowest BCUT2D eigenvalue weighted by Gasteiger charge is -2.45. The number of guanidine groups is 2. The van der Waals surface area contributed by atoms with Crippen molar-refractivity contribution in [2.75, 3.05) is 6.54 Å². The highest BCUT2D eigenvalue weighted by molar-refractivity contribution is 7.81. The van der Waals surface area contributed by atoms with E-state index in [2.05, 4.69) is 58.9 Å². The Morgan fingerprint density at radius 3 is 2.22 bits per heavy atom. The van der Waals surface area contributed by atoms with Crippen LogP contribution in [-0.2, 0) is 0 Å². The molecule has 1 aliphatic rings. The zero-order chi connectivity index (χ0) is 13.9. The van der Waals surface area contributed by atoms with Crippen LogP contribution in [-0.4, -0.2) is 40.4 Å². The maximum Gasteiger partial charge on any atom is 0.203 e. The summed E-state index contributed by atoms with van der Waals surface area (Å²) in [6.07, 6.45) is 0. The molecule has 0 bridgehead atoms. The van der Waals surface area contributed by atoms with Gasteiger partial charge in [-0.25, -0.2) is 4.99 Å². The number of nitrogens with one attached hydrogen (secondary N) is 2. The van der Waals surface area contributed by atoms with Gasteiger partial charge in [-0.05, 0) is 41.5 Å². The number of hydrogen-bond donors (Lipinski definition) is 3. The van der Waals surface area contributed by atoms with Crippen molar-refractivity contribution in [3.63, 3.8) is 0 Å². The Morgan fingerprint density at radius 1 is 1.22 bits per heavy atom. The fourth-order valence-electron chi connectivity index (χ4n) is 1.83. The van der Waals surface area contributed by atoms with E-state index in [9.17, 15) is 0 Å². The van der Waals surface area contributed by atoms with Crippen molar-refractivity contribution < 1.29 is 0 Å². The lowest BCUT2D eigenvalue weighted by atomic mass is 10.3. The summed E-state index contributed by atoms with van der Waals surface area (Å²) in [4.78, 5) is 10.7. The molecule has 1 fully saturated rings. The van der Waals surface area contributed by atoms with Crippen LogP contribution >= 0.6 is 12.6 Å². The van der Waals surface area contributed by atoms with Crippen LogP contribution in [0.4, 0.5) is 0 Å². The third kappa shape index (κ3) is 3.80. The number of hydrogen-bond acceptors (Lipinski definition) is 3. The molecular weight excluding hydrogens is 246 g/mol. The standard InChI is InChI=1S/C12H25N5S/c1-7-17-11(14-9(4)5)15-10(13-8(2)3)16-12(17,6)18/h8-9,18H,7H2,1-6H3,(H2,13,14,15,16). The summed E-state index contributed by atoms with van der Waals surface area (Å²) in [5.41, 5.74) is 0. The molecule has 1 rings (SSSR count). The maximum absolute atomic E-state index is 4.67. The van der Waals surface area contributed by atoms with Gasteiger partial charge in [-0.15, -0.1) is 12.6 Å². The van der Waals surface area contributed by atoms with Crippen molar-refractivity contribution in [3.8, 4) is 0 Å². The Kier molecular flexibility index (Phi) is 4.90. The molecule has 1 aliphatic heterocycles. The molecule has 5 nitrogen and oxygen atoms in total. The normalized spacial score (nSPS) is 29.1. The van der Waals surface area contributed by atoms with Gasteiger partial charge in [0.25, 0.3) is 0 Å². The lowest BCUT2D eigenvalue weighted by Crippen LogP contribution is -2.69. The third-order valence-corrected chi connectivity index (χ3v) is 2.80. The Balaban J connectivity index is 3.06. The van der Waals surface area contributed by atoms with Gasteiger partial charge in [-0.2, -0.15) is 0 Å². The van der Waals surface area contributed by atoms with E-state index in [4.69, 9.17) is 0 Å². The predicted molar refractivity (Wildman–Crippen MR) is 81.2 cm³/mol. The van der Waals surface area contributed by atoms with Crippen LogP contribution in [0.5, 0.6) is 0 Å². The second-order valence-electron chi connectivity index (χ2n) is 5.13. The largest absolute Gasteiger partial charge is 0.325 e. The SMILES string of the molecule is CCN1C(=NC(C)C)NC(=NC(C)C)NC1(C)S. The van der Waals surface area contributed by atoms with Crippen molar-refractivity contribution >= 4 is 24.5 Å². The summed E-state index contributed by atoms with van der Waals surface area (Å²) in [6, 6.07) is 0.446. The molecule has 18 heavy (non-hydrogen) atoms. The average molecular weight is 271 g/mol. The maximum atomic E-state index is 4.67. The number of rotatable bonds is 3. The molecule has 1 unspecified atom stereocenters. The summed E-state index contributed by atoms with van der Waals surface area (Å²) < 4.78 is 0. The van der Waals surface area contributed by atoms with Gasteiger partial charge in [0.1, 0.15) is 0 Å². The van der Waals surface area contributed by atoms with E-state index in [-0.39, 0.29) is 12.1 Å². The topological polar surface area (TPSA) is 52.0 Å². The second kappa shape index (κ2) is 5.82. The molecule has 0 spiro atoms. The second-order valence-corrected chi connectivity index (χ2v) is 6.00. The minimum Gasteiger partial charge on any atom is -0.325 e. The first kappa shape index (κ1) is 15.1. The van der Waals surface area contributed by atoms with Crippen LogP contribution in [0.15, 0.2) is 9.98 Å². The van der Waals surface area contributed by atoms with Crippen LogP contribution < -0.4 is 10.6 Å². The van der Waals surface area contributed by atoms with E-state index in [0.717, 1.165) is 18.5 Å². The smallest absolute Gasteiger partial charge is 0.203 e. The minimum atomic E-state index is -0.485. The molecule has 1 atom stereocenters. The van der Waals surface area contributed by atoms with E-state index in [1.165, 1.54) is 0 Å². The summed E-state index contributed by atoms with van der Waals surface area (Å²) in [5, 5.41) is 6.52. The summed E-state index contributed by atoms with van der Waals surface area (Å²) in [6.45, 7) is 13.1. The molecule has 0 amide bonds. The first-order valence-corrected chi connectivity index (χ1v) is 6.91. The van der Waals surface area contributed by atoms with Gasteiger partial charge < -0.3 is 10.2 Å². The van der Waals surface area contributed by atoms with E-state index in [1.54, 1.807) is 0 Å². The molecule has 6 heteroatoms. The monoisotopic (exact) mass is 271 g/mol. The first-order chi connectivity index (χ1) is 8.26. The van der Waals surface area contributed by atoms with E-state index in [1.807, 2.05) is 20.8 Å². The molecule has 0 radical (unpaired) electrons. The molecule has 1 heterocycles.